The highest BCUT2D eigenvalue weighted by atomic mass is 32.1. The number of nitrogens with zero attached hydrogens (tertiary/aromatic N) is 1. The summed E-state index contributed by atoms with van der Waals surface area (Å²) in [4.78, 5) is 17.0. The van der Waals surface area contributed by atoms with E-state index in [4.69, 9.17) is 4.74 Å². The standard InChI is InChI=1S/C11H15N3O2S2/c1-4-16-11(15)13-8-7-5(2)6(3)18-9(7)14-10(17)12-8/h10,14,17H,4H2,1-3H3,(H,12,13,15). The summed E-state index contributed by atoms with van der Waals surface area (Å²) in [7, 11) is 0. The van der Waals surface area contributed by atoms with Gasteiger partial charge < -0.3 is 10.1 Å². The van der Waals surface area contributed by atoms with Gasteiger partial charge in [0.25, 0.3) is 0 Å². The van der Waals surface area contributed by atoms with Gasteiger partial charge in [-0.25, -0.2) is 9.79 Å². The zero-order chi connectivity index (χ0) is 13.3. The van der Waals surface area contributed by atoms with Gasteiger partial charge in [-0.05, 0) is 26.3 Å². The predicted octanol–water partition coefficient (Wildman–Crippen LogP) is 2.50. The third-order valence-electron chi connectivity index (χ3n) is 2.63. The molecule has 1 atom stereocenters. The van der Waals surface area contributed by atoms with Crippen molar-refractivity contribution in [3.8, 4) is 0 Å². The van der Waals surface area contributed by atoms with E-state index in [9.17, 15) is 4.79 Å². The number of fused-ring (bicyclic) bond motifs is 1. The molecule has 0 fully saturated rings. The zero-order valence-corrected chi connectivity index (χ0v) is 12.1. The van der Waals surface area contributed by atoms with Crippen LogP contribution in [-0.2, 0) is 4.74 Å². The molecule has 2 heterocycles. The summed E-state index contributed by atoms with van der Waals surface area (Å²) in [6, 6.07) is 0. The first-order valence-electron chi connectivity index (χ1n) is 5.59. The Labute approximate surface area is 115 Å². The number of ether oxygens (including phenoxy) is 1. The van der Waals surface area contributed by atoms with Crippen LogP contribution in [0.4, 0.5) is 9.80 Å². The fraction of sp³-hybridized carbons (Fsp3) is 0.455. The van der Waals surface area contributed by atoms with Crippen molar-refractivity contribution < 1.29 is 9.53 Å². The number of thiophene rings is 1. The van der Waals surface area contributed by atoms with E-state index in [1.807, 2.05) is 13.8 Å². The van der Waals surface area contributed by atoms with Crippen LogP contribution in [0.5, 0.6) is 0 Å². The molecule has 1 aliphatic heterocycles. The van der Waals surface area contributed by atoms with Crippen LogP contribution in [0.25, 0.3) is 0 Å². The quantitative estimate of drug-likeness (QED) is 0.695. The number of carbonyl (C=O) groups is 1. The molecule has 1 aliphatic rings. The summed E-state index contributed by atoms with van der Waals surface area (Å²) >= 11 is 5.91. The highest BCUT2D eigenvalue weighted by molar-refractivity contribution is 7.81. The number of thiol groups is 1. The summed E-state index contributed by atoms with van der Waals surface area (Å²) < 4.78 is 4.87. The number of carbonyl (C=O) groups excluding carboxylic acids is 1. The first kappa shape index (κ1) is 13.2. The molecule has 1 unspecified atom stereocenters. The molecule has 7 heteroatoms. The molecule has 0 aliphatic carbocycles. The molecule has 1 amide bonds. The van der Waals surface area contributed by atoms with Gasteiger partial charge in [-0.1, -0.05) is 0 Å². The summed E-state index contributed by atoms with van der Waals surface area (Å²) in [5.41, 5.74) is 1.68. The Kier molecular flexibility index (Phi) is 3.82. The lowest BCUT2D eigenvalue weighted by atomic mass is 10.1. The Balaban J connectivity index is 2.32. The van der Waals surface area contributed by atoms with Crippen LogP contribution < -0.4 is 10.6 Å². The zero-order valence-electron chi connectivity index (χ0n) is 10.4. The monoisotopic (exact) mass is 285 g/mol. The van der Waals surface area contributed by atoms with E-state index < -0.39 is 6.09 Å². The average molecular weight is 285 g/mol. The normalized spacial score (nSPS) is 17.6. The number of alkyl carbamates (subject to hydrolysis) is 1. The second kappa shape index (κ2) is 5.19. The SMILES string of the molecule is CCOC(=O)NC1=NC(S)Nc2sc(C)c(C)c21. The van der Waals surface area contributed by atoms with Gasteiger partial charge in [0.05, 0.1) is 12.2 Å². The molecule has 2 rings (SSSR count). The molecule has 5 nitrogen and oxygen atoms in total. The third-order valence-corrected chi connectivity index (χ3v) is 4.01. The van der Waals surface area contributed by atoms with Crippen LogP contribution in [0.1, 0.15) is 22.9 Å². The maximum Gasteiger partial charge on any atom is 0.412 e. The summed E-state index contributed by atoms with van der Waals surface area (Å²) in [6.07, 6.45) is -0.493. The third kappa shape index (κ3) is 2.46. The lowest BCUT2D eigenvalue weighted by Gasteiger charge is -2.20. The van der Waals surface area contributed by atoms with E-state index in [1.165, 1.54) is 4.88 Å². The lowest BCUT2D eigenvalue weighted by molar-refractivity contribution is 0.158. The minimum atomic E-state index is -0.493. The molecule has 18 heavy (non-hydrogen) atoms. The van der Waals surface area contributed by atoms with Crippen molar-refractivity contribution in [2.75, 3.05) is 11.9 Å². The van der Waals surface area contributed by atoms with Crippen molar-refractivity contribution in [1.82, 2.24) is 5.32 Å². The van der Waals surface area contributed by atoms with Crippen LogP contribution in [0, 0.1) is 13.8 Å². The van der Waals surface area contributed by atoms with Crippen molar-refractivity contribution in [2.45, 2.75) is 26.3 Å². The van der Waals surface area contributed by atoms with E-state index in [0.717, 1.165) is 16.1 Å². The molecule has 2 N–H and O–H groups in total. The van der Waals surface area contributed by atoms with Crippen molar-refractivity contribution in [2.24, 2.45) is 4.99 Å². The molecule has 0 saturated heterocycles. The Bertz CT molecular complexity index is 511. The number of hydrogen-bond acceptors (Lipinski definition) is 6. The largest absolute Gasteiger partial charge is 0.450 e. The minimum Gasteiger partial charge on any atom is -0.450 e. The topological polar surface area (TPSA) is 62.7 Å². The first-order chi connectivity index (χ1) is 8.52. The van der Waals surface area contributed by atoms with Gasteiger partial charge in [0, 0.05) is 4.88 Å². The average Bonchev–Trinajstić information content (AvgIpc) is 2.54. The van der Waals surface area contributed by atoms with E-state index in [2.05, 4.69) is 28.3 Å². The van der Waals surface area contributed by atoms with Crippen LogP contribution >= 0.6 is 24.0 Å². The predicted molar refractivity (Wildman–Crippen MR) is 76.9 cm³/mol. The molecule has 0 bridgehead atoms. The molecule has 1 aromatic heterocycles. The second-order valence-electron chi connectivity index (χ2n) is 3.83. The molecule has 1 aromatic rings. The molecular weight excluding hydrogens is 270 g/mol. The lowest BCUT2D eigenvalue weighted by Crippen LogP contribution is -2.36. The Morgan fingerprint density at radius 2 is 2.33 bits per heavy atom. The van der Waals surface area contributed by atoms with Gasteiger partial charge >= 0.3 is 6.09 Å². The maximum atomic E-state index is 11.5. The molecule has 0 spiro atoms. The highest BCUT2D eigenvalue weighted by Crippen LogP contribution is 2.35. The first-order valence-corrected chi connectivity index (χ1v) is 6.92. The number of rotatable bonds is 1. The number of hydrogen-bond donors (Lipinski definition) is 3. The maximum absolute atomic E-state index is 11.5. The number of aliphatic imine (C=N–C) groups is 1. The number of amides is 1. The fourth-order valence-electron chi connectivity index (χ4n) is 1.71. The van der Waals surface area contributed by atoms with Crippen molar-refractivity contribution >= 4 is 40.9 Å². The number of nitrogens with one attached hydrogen (secondary N) is 2. The second-order valence-corrected chi connectivity index (χ2v) is 5.54. The molecule has 0 aromatic carbocycles. The smallest absolute Gasteiger partial charge is 0.412 e. The van der Waals surface area contributed by atoms with Crippen LogP contribution in [-0.4, -0.2) is 24.0 Å². The summed E-state index contributed by atoms with van der Waals surface area (Å²) in [5.74, 6) is 0.518. The van der Waals surface area contributed by atoms with Crippen molar-refractivity contribution in [3.05, 3.63) is 16.0 Å². The van der Waals surface area contributed by atoms with Crippen LogP contribution in [0.3, 0.4) is 0 Å². The Hall–Kier alpha value is -1.21. The number of amidine groups is 1. The summed E-state index contributed by atoms with van der Waals surface area (Å²) in [6.45, 7) is 6.13. The Morgan fingerprint density at radius 3 is 3.00 bits per heavy atom. The van der Waals surface area contributed by atoms with E-state index in [0.29, 0.717) is 12.4 Å². The number of anilines is 1. The minimum absolute atomic E-state index is 0.330. The number of aryl methyl sites for hydroxylation is 1. The van der Waals surface area contributed by atoms with Crippen molar-refractivity contribution in [3.63, 3.8) is 0 Å². The molecule has 98 valence electrons. The van der Waals surface area contributed by atoms with Gasteiger partial charge in [0.2, 0.25) is 0 Å². The van der Waals surface area contributed by atoms with Gasteiger partial charge in [0.1, 0.15) is 10.8 Å². The van der Waals surface area contributed by atoms with E-state index >= 15 is 0 Å². The van der Waals surface area contributed by atoms with Crippen molar-refractivity contribution in [1.29, 1.82) is 0 Å². The molecule has 0 saturated carbocycles. The van der Waals surface area contributed by atoms with Gasteiger partial charge in [-0.3, -0.25) is 5.32 Å². The Morgan fingerprint density at radius 1 is 1.61 bits per heavy atom. The van der Waals surface area contributed by atoms with E-state index in [1.54, 1.807) is 18.3 Å². The van der Waals surface area contributed by atoms with Gasteiger partial charge in [-0.2, -0.15) is 0 Å². The van der Waals surface area contributed by atoms with Crippen LogP contribution in [0.2, 0.25) is 0 Å². The van der Waals surface area contributed by atoms with Gasteiger partial charge in [0.15, 0.2) is 5.50 Å². The summed E-state index contributed by atoms with van der Waals surface area (Å²) in [5, 5.41) is 6.81. The highest BCUT2D eigenvalue weighted by Gasteiger charge is 2.25. The molecular formula is C11H15N3O2S2. The fourth-order valence-corrected chi connectivity index (χ4v) is 3.12. The molecule has 0 radical (unpaired) electrons. The van der Waals surface area contributed by atoms with Gasteiger partial charge in [-0.15, -0.1) is 24.0 Å². The van der Waals surface area contributed by atoms with E-state index in [-0.39, 0.29) is 5.50 Å². The van der Waals surface area contributed by atoms with Crippen LogP contribution in [0.15, 0.2) is 4.99 Å².